The first kappa shape index (κ1) is 13.9. The van der Waals surface area contributed by atoms with Crippen LogP contribution in [-0.2, 0) is 13.9 Å². The molecule has 2 atom stereocenters. The maximum atomic E-state index is 6.10. The largest absolute Gasteiger partial charge is 0.418 e. The smallest absolute Gasteiger partial charge is 0.274 e. The van der Waals surface area contributed by atoms with E-state index in [-0.39, 0.29) is 6.10 Å². The number of ether oxygens (including phenoxy) is 2. The van der Waals surface area contributed by atoms with Crippen LogP contribution < -0.4 is 0 Å². The summed E-state index contributed by atoms with van der Waals surface area (Å²) >= 11 is 9.43. The van der Waals surface area contributed by atoms with Gasteiger partial charge in [-0.05, 0) is 13.3 Å². The molecule has 0 N–H and O–H groups in total. The lowest BCUT2D eigenvalue weighted by atomic mass is 10.2. The van der Waals surface area contributed by atoms with Crippen molar-refractivity contribution in [1.82, 2.24) is 0 Å². The first-order valence-corrected chi connectivity index (χ1v) is 6.43. The summed E-state index contributed by atoms with van der Waals surface area (Å²) in [6.07, 6.45) is 0.547. The summed E-state index contributed by atoms with van der Waals surface area (Å²) in [5, 5.41) is -0.324. The predicted molar refractivity (Wildman–Crippen MR) is 60.4 cm³/mol. The second-order valence-corrected chi connectivity index (χ2v) is 4.21. The zero-order valence-corrected chi connectivity index (χ0v) is 12.5. The molecule has 0 aromatic heterocycles. The number of rotatable bonds is 7. The fraction of sp³-hybridized carbons (Fsp3) is 1.00. The average molecular weight is 292 g/mol. The monoisotopic (exact) mass is 290 g/mol. The van der Waals surface area contributed by atoms with Crippen molar-refractivity contribution >= 4 is 38.0 Å². The van der Waals surface area contributed by atoms with Crippen molar-refractivity contribution in [3.63, 3.8) is 0 Å². The lowest BCUT2D eigenvalue weighted by molar-refractivity contribution is -0.205. The molecule has 0 rings (SSSR count). The number of hydrogen-bond donors (Lipinski definition) is 0. The standard InChI is InChI=1S/C7H16BrClO3Si/c1-3-11-7(9,10-2)6(12-13)4-5-8/h6H,3-5H2,1-2,13H3. The van der Waals surface area contributed by atoms with E-state index in [1.54, 1.807) is 0 Å². The third-order valence-electron chi connectivity index (χ3n) is 1.66. The molecule has 0 bridgehead atoms. The van der Waals surface area contributed by atoms with Gasteiger partial charge < -0.3 is 13.9 Å². The summed E-state index contributed by atoms with van der Waals surface area (Å²) < 4.78 is 15.7. The molecule has 0 aliphatic rings. The molecule has 0 spiro atoms. The molecule has 6 heteroatoms. The SMILES string of the molecule is CCOC(Cl)(OC)C(CCBr)O[SiH3]. The van der Waals surface area contributed by atoms with Crippen molar-refractivity contribution in [2.45, 2.75) is 24.7 Å². The highest BCUT2D eigenvalue weighted by atomic mass is 79.9. The van der Waals surface area contributed by atoms with Crippen LogP contribution in [0.25, 0.3) is 0 Å². The lowest BCUT2D eigenvalue weighted by Gasteiger charge is -2.32. The third-order valence-corrected chi connectivity index (χ3v) is 3.19. The van der Waals surface area contributed by atoms with Crippen LogP contribution in [0.4, 0.5) is 0 Å². The van der Waals surface area contributed by atoms with Gasteiger partial charge in [-0.1, -0.05) is 27.5 Å². The van der Waals surface area contributed by atoms with Gasteiger partial charge in [0.05, 0.1) is 0 Å². The van der Waals surface area contributed by atoms with Crippen molar-refractivity contribution in [1.29, 1.82) is 0 Å². The van der Waals surface area contributed by atoms with Gasteiger partial charge in [0.25, 0.3) is 5.25 Å². The molecule has 0 radical (unpaired) electrons. The highest BCUT2D eigenvalue weighted by Crippen LogP contribution is 2.27. The summed E-state index contributed by atoms with van der Waals surface area (Å²) in [5.41, 5.74) is 0. The normalized spacial score (nSPS) is 18.5. The maximum Gasteiger partial charge on any atom is 0.274 e. The molecule has 0 amide bonds. The minimum absolute atomic E-state index is 0.217. The second kappa shape index (κ2) is 7.20. The predicted octanol–water partition coefficient (Wildman–Crippen LogP) is 1.01. The third kappa shape index (κ3) is 4.27. The molecule has 13 heavy (non-hydrogen) atoms. The molecule has 0 fully saturated rings. The van der Waals surface area contributed by atoms with Crippen molar-refractivity contribution in [3.05, 3.63) is 0 Å². The Morgan fingerprint density at radius 2 is 2.23 bits per heavy atom. The Labute approximate surface area is 95.7 Å². The summed E-state index contributed by atoms with van der Waals surface area (Å²) in [4.78, 5) is 0. The van der Waals surface area contributed by atoms with E-state index in [9.17, 15) is 0 Å². The minimum atomic E-state index is -1.13. The van der Waals surface area contributed by atoms with E-state index in [1.165, 1.54) is 7.11 Å². The van der Waals surface area contributed by atoms with E-state index in [4.69, 9.17) is 25.5 Å². The van der Waals surface area contributed by atoms with Gasteiger partial charge in [-0.3, -0.25) is 0 Å². The Morgan fingerprint density at radius 3 is 2.54 bits per heavy atom. The highest BCUT2D eigenvalue weighted by molar-refractivity contribution is 9.09. The van der Waals surface area contributed by atoms with Crippen LogP contribution in [0.2, 0.25) is 0 Å². The van der Waals surface area contributed by atoms with Gasteiger partial charge >= 0.3 is 0 Å². The van der Waals surface area contributed by atoms with Crippen molar-refractivity contribution < 1.29 is 13.9 Å². The number of hydrogen-bond acceptors (Lipinski definition) is 3. The van der Waals surface area contributed by atoms with Gasteiger partial charge in [0.2, 0.25) is 0 Å². The zero-order chi connectivity index (χ0) is 10.3. The van der Waals surface area contributed by atoms with Crippen LogP contribution in [0.15, 0.2) is 0 Å². The first-order chi connectivity index (χ1) is 6.14. The van der Waals surface area contributed by atoms with E-state index >= 15 is 0 Å². The summed E-state index contributed by atoms with van der Waals surface area (Å²) in [7, 11) is 2.13. The summed E-state index contributed by atoms with van der Waals surface area (Å²) in [5.74, 6) is 0. The number of methoxy groups -OCH3 is 1. The fourth-order valence-electron chi connectivity index (χ4n) is 1.01. The van der Waals surface area contributed by atoms with Crippen LogP contribution in [0.5, 0.6) is 0 Å². The molecule has 0 aliphatic carbocycles. The molecule has 2 unspecified atom stereocenters. The van der Waals surface area contributed by atoms with E-state index in [0.717, 1.165) is 11.8 Å². The lowest BCUT2D eigenvalue weighted by Crippen LogP contribution is -2.43. The maximum absolute atomic E-state index is 6.10. The number of halogens is 2. The summed E-state index contributed by atoms with van der Waals surface area (Å²) in [6, 6.07) is 0. The number of alkyl halides is 2. The molecule has 3 nitrogen and oxygen atoms in total. The van der Waals surface area contributed by atoms with Gasteiger partial charge in [0.15, 0.2) is 0 Å². The molecule has 0 saturated heterocycles. The fourth-order valence-corrected chi connectivity index (χ4v) is 2.43. The van der Waals surface area contributed by atoms with Crippen LogP contribution in [0.3, 0.4) is 0 Å². The quantitative estimate of drug-likeness (QED) is 0.398. The summed E-state index contributed by atoms with van der Waals surface area (Å²) in [6.45, 7) is 2.37. The van der Waals surface area contributed by atoms with Crippen molar-refractivity contribution in [2.75, 3.05) is 19.0 Å². The van der Waals surface area contributed by atoms with Gasteiger partial charge in [-0.25, -0.2) is 0 Å². The first-order valence-electron chi connectivity index (χ1n) is 4.11. The minimum Gasteiger partial charge on any atom is -0.418 e. The van der Waals surface area contributed by atoms with Gasteiger partial charge in [-0.2, -0.15) is 0 Å². The highest BCUT2D eigenvalue weighted by Gasteiger charge is 2.37. The topological polar surface area (TPSA) is 27.7 Å². The molecular formula is C7H16BrClO3Si. The van der Waals surface area contributed by atoms with Crippen LogP contribution in [0.1, 0.15) is 13.3 Å². The van der Waals surface area contributed by atoms with Gasteiger partial charge in [-0.15, -0.1) is 0 Å². The van der Waals surface area contributed by atoms with Crippen molar-refractivity contribution in [3.8, 4) is 0 Å². The van der Waals surface area contributed by atoms with Crippen LogP contribution in [0, 0.1) is 0 Å². The Bertz CT molecular complexity index is 141. The Kier molecular flexibility index (Phi) is 7.68. The molecule has 0 heterocycles. The molecule has 80 valence electrons. The van der Waals surface area contributed by atoms with Gasteiger partial charge in [0.1, 0.15) is 16.6 Å². The van der Waals surface area contributed by atoms with Crippen LogP contribution in [-0.4, -0.2) is 40.9 Å². The zero-order valence-electron chi connectivity index (χ0n) is 8.18. The molecule has 0 aromatic carbocycles. The van der Waals surface area contributed by atoms with E-state index in [1.807, 2.05) is 6.92 Å². The Hall–Kier alpha value is 0.867. The Morgan fingerprint density at radius 1 is 1.62 bits per heavy atom. The van der Waals surface area contributed by atoms with Gasteiger partial charge in [0, 0.05) is 19.0 Å². The van der Waals surface area contributed by atoms with E-state index < -0.39 is 5.25 Å². The van der Waals surface area contributed by atoms with E-state index in [2.05, 4.69) is 15.9 Å². The molecule has 0 aliphatic heterocycles. The molecular weight excluding hydrogens is 276 g/mol. The molecule has 0 saturated carbocycles. The van der Waals surface area contributed by atoms with E-state index in [0.29, 0.717) is 17.1 Å². The van der Waals surface area contributed by atoms with Crippen molar-refractivity contribution in [2.24, 2.45) is 0 Å². The second-order valence-electron chi connectivity index (χ2n) is 2.42. The Balaban J connectivity index is 4.29. The molecule has 0 aromatic rings. The van der Waals surface area contributed by atoms with Crippen LogP contribution >= 0.6 is 27.5 Å². The average Bonchev–Trinajstić information content (AvgIpc) is 2.14.